The van der Waals surface area contributed by atoms with E-state index >= 15 is 0 Å². The first-order valence-electron chi connectivity index (χ1n) is 7.28. The molecule has 0 unspecified atom stereocenters. The number of hydrogen-bond acceptors (Lipinski definition) is 6. The number of amides is 1. The van der Waals surface area contributed by atoms with E-state index in [1.165, 1.54) is 4.90 Å². The molecule has 2 saturated heterocycles. The van der Waals surface area contributed by atoms with Gasteiger partial charge in [-0.25, -0.2) is 8.42 Å². The highest BCUT2D eigenvalue weighted by atomic mass is 32.2. The quantitative estimate of drug-likeness (QED) is 0.615. The summed E-state index contributed by atoms with van der Waals surface area (Å²) in [7, 11) is -1.33. The number of fused-ring (bicyclic) bond motifs is 1. The van der Waals surface area contributed by atoms with E-state index in [0.29, 0.717) is 13.1 Å². The number of nitrogens with one attached hydrogen (secondary N) is 2. The van der Waals surface area contributed by atoms with Crippen LogP contribution < -0.4 is 11.1 Å². The number of aromatic nitrogens is 2. The predicted octanol–water partition coefficient (Wildman–Crippen LogP) is -2.45. The van der Waals surface area contributed by atoms with Crippen LogP contribution in [0.5, 0.6) is 0 Å². The summed E-state index contributed by atoms with van der Waals surface area (Å²) in [5, 5.41) is 4.32. The molecule has 2 fully saturated rings. The highest BCUT2D eigenvalue weighted by Crippen LogP contribution is 2.26. The first-order chi connectivity index (χ1) is 10.8. The maximum Gasteiger partial charge on any atom is 0.266 e. The van der Waals surface area contributed by atoms with Crippen LogP contribution in [0.2, 0.25) is 0 Å². The molecular formula is C13H18N4O5S. The number of carbonyl (C=O) groups is 1. The minimum Gasteiger partial charge on any atom is -0.336 e. The van der Waals surface area contributed by atoms with Crippen molar-refractivity contribution in [2.24, 2.45) is 0 Å². The van der Waals surface area contributed by atoms with Gasteiger partial charge in [0.1, 0.15) is 0 Å². The summed E-state index contributed by atoms with van der Waals surface area (Å²) >= 11 is 0. The van der Waals surface area contributed by atoms with Crippen molar-refractivity contribution < 1.29 is 13.2 Å². The van der Waals surface area contributed by atoms with Gasteiger partial charge in [0.05, 0.1) is 24.0 Å². The Morgan fingerprint density at radius 1 is 1.22 bits per heavy atom. The van der Waals surface area contributed by atoms with Gasteiger partial charge in [-0.3, -0.25) is 29.5 Å². The number of sulfone groups is 1. The Bertz CT molecular complexity index is 842. The van der Waals surface area contributed by atoms with Gasteiger partial charge in [-0.2, -0.15) is 0 Å². The number of piperazine rings is 1. The van der Waals surface area contributed by atoms with Gasteiger partial charge in [0.25, 0.3) is 11.1 Å². The Hall–Kier alpha value is -1.94. The fourth-order valence-electron chi connectivity index (χ4n) is 3.29. The van der Waals surface area contributed by atoms with E-state index in [1.807, 2.05) is 11.9 Å². The smallest absolute Gasteiger partial charge is 0.266 e. The van der Waals surface area contributed by atoms with Crippen molar-refractivity contribution in [3.05, 3.63) is 32.3 Å². The van der Waals surface area contributed by atoms with Gasteiger partial charge >= 0.3 is 0 Å². The van der Waals surface area contributed by atoms with Crippen molar-refractivity contribution >= 4 is 15.7 Å². The van der Waals surface area contributed by atoms with Gasteiger partial charge in [-0.15, -0.1) is 0 Å². The van der Waals surface area contributed by atoms with Crippen LogP contribution in [0, 0.1) is 0 Å². The molecule has 0 radical (unpaired) electrons. The molecule has 10 heteroatoms. The maximum absolute atomic E-state index is 12.5. The monoisotopic (exact) mass is 342 g/mol. The fourth-order valence-corrected chi connectivity index (χ4v) is 5.35. The summed E-state index contributed by atoms with van der Waals surface area (Å²) in [5.41, 5.74) is -0.940. The third kappa shape index (κ3) is 3.08. The summed E-state index contributed by atoms with van der Waals surface area (Å²) in [6.45, 7) is 0.987. The maximum atomic E-state index is 12.5. The molecule has 0 aliphatic carbocycles. The largest absolute Gasteiger partial charge is 0.336 e. The molecular weight excluding hydrogens is 324 g/mol. The molecule has 2 atom stereocenters. The van der Waals surface area contributed by atoms with Gasteiger partial charge < -0.3 is 4.90 Å². The lowest BCUT2D eigenvalue weighted by atomic mass is 10.0. The van der Waals surface area contributed by atoms with E-state index in [1.54, 1.807) is 0 Å². The highest BCUT2D eigenvalue weighted by molar-refractivity contribution is 7.91. The summed E-state index contributed by atoms with van der Waals surface area (Å²) in [4.78, 5) is 39.0. The molecule has 3 rings (SSSR count). The van der Waals surface area contributed by atoms with Crippen LogP contribution in [0.1, 0.15) is 5.56 Å². The zero-order chi connectivity index (χ0) is 16.8. The number of rotatable bonds is 2. The number of carbonyl (C=O) groups excluding carboxylic acids is 1. The molecule has 126 valence electrons. The average Bonchev–Trinajstić information content (AvgIpc) is 2.79. The second-order valence-corrected chi connectivity index (χ2v) is 8.22. The fraction of sp³-hybridized carbons (Fsp3) is 0.615. The van der Waals surface area contributed by atoms with Gasteiger partial charge in [0.2, 0.25) is 5.91 Å². The summed E-state index contributed by atoms with van der Waals surface area (Å²) in [6, 6.07) is 0.484. The number of aromatic amines is 2. The molecule has 2 N–H and O–H groups in total. The summed E-state index contributed by atoms with van der Waals surface area (Å²) < 4.78 is 23.8. The second-order valence-electron chi connectivity index (χ2n) is 6.07. The Kier molecular flexibility index (Phi) is 3.88. The van der Waals surface area contributed by atoms with Crippen molar-refractivity contribution in [3.63, 3.8) is 0 Å². The van der Waals surface area contributed by atoms with Crippen LogP contribution >= 0.6 is 0 Å². The topological polar surface area (TPSA) is 123 Å². The van der Waals surface area contributed by atoms with E-state index in [4.69, 9.17) is 0 Å². The third-order valence-electron chi connectivity index (χ3n) is 4.51. The van der Waals surface area contributed by atoms with E-state index in [9.17, 15) is 22.8 Å². The SMILES string of the molecule is CN1CCN(C(=O)Cc2cc(=O)[nH][nH]c2=O)[C@@H]2CS(=O)(=O)C[C@@H]21. The van der Waals surface area contributed by atoms with Crippen LogP contribution in [0.4, 0.5) is 0 Å². The predicted molar refractivity (Wildman–Crippen MR) is 82.0 cm³/mol. The summed E-state index contributed by atoms with van der Waals surface area (Å²) in [6.07, 6.45) is -0.216. The number of H-pyrrole nitrogens is 2. The first kappa shape index (κ1) is 15.9. The van der Waals surface area contributed by atoms with E-state index in [-0.39, 0.29) is 35.4 Å². The van der Waals surface area contributed by atoms with Gasteiger partial charge in [0, 0.05) is 30.8 Å². The third-order valence-corrected chi connectivity index (χ3v) is 6.21. The van der Waals surface area contributed by atoms with E-state index in [2.05, 4.69) is 10.2 Å². The van der Waals surface area contributed by atoms with Crippen LogP contribution in [-0.2, 0) is 21.1 Å². The minimum atomic E-state index is -3.17. The van der Waals surface area contributed by atoms with E-state index in [0.717, 1.165) is 6.07 Å². The molecule has 2 aliphatic heterocycles. The van der Waals surface area contributed by atoms with Crippen molar-refractivity contribution in [1.82, 2.24) is 20.0 Å². The lowest BCUT2D eigenvalue weighted by molar-refractivity contribution is -0.135. The molecule has 0 bridgehead atoms. The molecule has 1 aromatic heterocycles. The molecule has 0 spiro atoms. The van der Waals surface area contributed by atoms with Crippen LogP contribution in [-0.4, -0.2) is 78.0 Å². The number of nitrogens with zero attached hydrogens (tertiary/aromatic N) is 2. The van der Waals surface area contributed by atoms with Crippen molar-refractivity contribution in [1.29, 1.82) is 0 Å². The molecule has 1 aromatic rings. The molecule has 9 nitrogen and oxygen atoms in total. The number of likely N-dealkylation sites (N-methyl/N-ethyl adjacent to an activating group) is 1. The van der Waals surface area contributed by atoms with Gasteiger partial charge in [-0.1, -0.05) is 0 Å². The standard InChI is InChI=1S/C13H18N4O5S/c1-16-2-3-17(10-7-23(21,22)6-9(10)16)12(19)5-8-4-11(18)14-15-13(8)20/h4,9-10H,2-3,5-7H2,1H3,(H,14,18)(H,15,20)/t9-,10+/m0/s1. The van der Waals surface area contributed by atoms with Crippen LogP contribution in [0.3, 0.4) is 0 Å². The highest BCUT2D eigenvalue weighted by Gasteiger charge is 2.46. The molecule has 0 saturated carbocycles. The Balaban J connectivity index is 1.83. The zero-order valence-corrected chi connectivity index (χ0v) is 13.4. The van der Waals surface area contributed by atoms with Crippen molar-refractivity contribution in [3.8, 4) is 0 Å². The van der Waals surface area contributed by atoms with E-state index < -0.39 is 27.0 Å². The van der Waals surface area contributed by atoms with Crippen LogP contribution in [0.25, 0.3) is 0 Å². The molecule has 3 heterocycles. The Labute approximate surface area is 132 Å². The molecule has 23 heavy (non-hydrogen) atoms. The van der Waals surface area contributed by atoms with Crippen molar-refractivity contribution in [2.45, 2.75) is 18.5 Å². The molecule has 1 amide bonds. The normalized spacial score (nSPS) is 26.9. The Morgan fingerprint density at radius 3 is 2.65 bits per heavy atom. The van der Waals surface area contributed by atoms with Crippen molar-refractivity contribution in [2.75, 3.05) is 31.6 Å². The first-order valence-corrected chi connectivity index (χ1v) is 9.10. The number of hydrogen-bond donors (Lipinski definition) is 2. The second kappa shape index (κ2) is 5.60. The Morgan fingerprint density at radius 2 is 1.91 bits per heavy atom. The minimum absolute atomic E-state index is 0.0452. The average molecular weight is 342 g/mol. The summed E-state index contributed by atoms with van der Waals surface area (Å²) in [5.74, 6) is -0.343. The zero-order valence-electron chi connectivity index (χ0n) is 12.6. The molecule has 2 aliphatic rings. The molecule has 0 aromatic carbocycles. The van der Waals surface area contributed by atoms with Crippen LogP contribution in [0.15, 0.2) is 15.7 Å². The lowest BCUT2D eigenvalue weighted by Crippen LogP contribution is -2.59. The lowest BCUT2D eigenvalue weighted by Gasteiger charge is -2.42. The van der Waals surface area contributed by atoms with Gasteiger partial charge in [-0.05, 0) is 7.05 Å². The van der Waals surface area contributed by atoms with Gasteiger partial charge in [0.15, 0.2) is 9.84 Å².